The molecule has 1 aliphatic rings. The van der Waals surface area contributed by atoms with Gasteiger partial charge in [0.15, 0.2) is 5.11 Å². The molecule has 1 atom stereocenters. The van der Waals surface area contributed by atoms with Crippen LogP contribution in [0.15, 0.2) is 35.5 Å². The molecule has 0 aliphatic carbocycles. The second-order valence-electron chi connectivity index (χ2n) is 4.42. The van der Waals surface area contributed by atoms with E-state index in [0.29, 0.717) is 10.7 Å². The number of ether oxygens (including phenoxy) is 1. The number of nitrogens with one attached hydrogen (secondary N) is 3. The van der Waals surface area contributed by atoms with Crippen molar-refractivity contribution in [2.75, 3.05) is 14.2 Å². The molecule has 0 fully saturated rings. The number of hydrogen-bond acceptors (Lipinski definition) is 3. The summed E-state index contributed by atoms with van der Waals surface area (Å²) in [7, 11) is 3.23. The molecule has 1 aromatic rings. The van der Waals surface area contributed by atoms with Crippen molar-refractivity contribution in [1.29, 1.82) is 0 Å². The van der Waals surface area contributed by atoms with E-state index < -0.39 is 0 Å². The van der Waals surface area contributed by atoms with Gasteiger partial charge < -0.3 is 20.7 Å². The molecule has 2 rings (SSSR count). The monoisotopic (exact) mass is 291 g/mol. The molecule has 0 saturated carbocycles. The van der Waals surface area contributed by atoms with Gasteiger partial charge in [-0.1, -0.05) is 12.1 Å². The van der Waals surface area contributed by atoms with Crippen LogP contribution >= 0.6 is 12.2 Å². The summed E-state index contributed by atoms with van der Waals surface area (Å²) in [4.78, 5) is 12.1. The number of allylic oxidation sites excluding steroid dienone is 1. The number of amides is 1. The molecule has 1 aliphatic heterocycles. The van der Waals surface area contributed by atoms with Crippen molar-refractivity contribution in [3.63, 3.8) is 0 Å². The molecule has 106 valence electrons. The number of methoxy groups -OCH3 is 1. The van der Waals surface area contributed by atoms with Gasteiger partial charge in [0.1, 0.15) is 5.75 Å². The largest absolute Gasteiger partial charge is 0.497 e. The van der Waals surface area contributed by atoms with Gasteiger partial charge in [0.25, 0.3) is 5.91 Å². The topological polar surface area (TPSA) is 62.4 Å². The van der Waals surface area contributed by atoms with E-state index in [9.17, 15) is 4.79 Å². The summed E-state index contributed by atoms with van der Waals surface area (Å²) < 4.78 is 5.14. The van der Waals surface area contributed by atoms with Crippen LogP contribution in [0.2, 0.25) is 0 Å². The van der Waals surface area contributed by atoms with Gasteiger partial charge in [-0.3, -0.25) is 4.79 Å². The van der Waals surface area contributed by atoms with Gasteiger partial charge in [-0.15, -0.1) is 0 Å². The molecule has 0 unspecified atom stereocenters. The molecule has 0 saturated heterocycles. The standard InChI is InChI=1S/C14H17N3O2S/c1-8-11(13(18)15-2)12(17-14(20)16-8)9-4-6-10(19-3)7-5-9/h4-7,12H,1-3H3,(H,15,18)(H2,16,17,20)/t12-/m0/s1. The fourth-order valence-electron chi connectivity index (χ4n) is 2.18. The lowest BCUT2D eigenvalue weighted by molar-refractivity contribution is -0.117. The van der Waals surface area contributed by atoms with Crippen LogP contribution in [0.4, 0.5) is 0 Å². The molecule has 0 bridgehead atoms. The predicted octanol–water partition coefficient (Wildman–Crippen LogP) is 1.23. The molecule has 5 nitrogen and oxygen atoms in total. The molecule has 20 heavy (non-hydrogen) atoms. The first-order valence-electron chi connectivity index (χ1n) is 6.21. The van der Waals surface area contributed by atoms with Crippen molar-refractivity contribution in [3.05, 3.63) is 41.1 Å². The van der Waals surface area contributed by atoms with Crippen molar-refractivity contribution in [1.82, 2.24) is 16.0 Å². The van der Waals surface area contributed by atoms with Crippen molar-refractivity contribution < 1.29 is 9.53 Å². The van der Waals surface area contributed by atoms with Gasteiger partial charge in [-0.05, 0) is 36.8 Å². The minimum absolute atomic E-state index is 0.134. The number of hydrogen-bond donors (Lipinski definition) is 3. The highest BCUT2D eigenvalue weighted by atomic mass is 32.1. The van der Waals surface area contributed by atoms with Crippen molar-refractivity contribution in [2.24, 2.45) is 0 Å². The second kappa shape index (κ2) is 5.92. The highest BCUT2D eigenvalue weighted by Gasteiger charge is 2.29. The molecule has 1 heterocycles. The zero-order chi connectivity index (χ0) is 14.7. The first-order chi connectivity index (χ1) is 9.56. The van der Waals surface area contributed by atoms with Crippen molar-refractivity contribution in [2.45, 2.75) is 13.0 Å². The normalized spacial score (nSPS) is 18.1. The van der Waals surface area contributed by atoms with Crippen LogP contribution < -0.4 is 20.7 Å². The first kappa shape index (κ1) is 14.3. The number of carbonyl (C=O) groups is 1. The van der Waals surface area contributed by atoms with E-state index in [0.717, 1.165) is 17.0 Å². The third kappa shape index (κ3) is 2.75. The number of likely N-dealkylation sites (N-methyl/N-ethyl adjacent to an activating group) is 1. The lowest BCUT2D eigenvalue weighted by atomic mass is 9.95. The first-order valence-corrected chi connectivity index (χ1v) is 6.62. The number of benzene rings is 1. The Morgan fingerprint density at radius 3 is 2.55 bits per heavy atom. The molecule has 0 aromatic heterocycles. The summed E-state index contributed by atoms with van der Waals surface area (Å²) in [6, 6.07) is 7.29. The third-order valence-electron chi connectivity index (χ3n) is 3.19. The molecule has 6 heteroatoms. The van der Waals surface area contributed by atoms with Crippen LogP contribution in [0.1, 0.15) is 18.5 Å². The van der Waals surface area contributed by atoms with Gasteiger partial charge in [-0.2, -0.15) is 0 Å². The van der Waals surface area contributed by atoms with Crippen molar-refractivity contribution >= 4 is 23.2 Å². The summed E-state index contributed by atoms with van der Waals surface area (Å²) in [5, 5.41) is 9.28. The number of thiocarbonyl (C=S) groups is 1. The Morgan fingerprint density at radius 1 is 1.35 bits per heavy atom. The smallest absolute Gasteiger partial charge is 0.251 e. The summed E-state index contributed by atoms with van der Waals surface area (Å²) >= 11 is 5.17. The molecule has 0 radical (unpaired) electrons. The maximum absolute atomic E-state index is 12.1. The van der Waals surface area contributed by atoms with Crippen LogP contribution in [0.25, 0.3) is 0 Å². The van der Waals surface area contributed by atoms with Crippen LogP contribution in [0.5, 0.6) is 5.75 Å². The van der Waals surface area contributed by atoms with E-state index in [-0.39, 0.29) is 11.9 Å². The average Bonchev–Trinajstić information content (AvgIpc) is 2.46. The minimum Gasteiger partial charge on any atom is -0.497 e. The fraction of sp³-hybridized carbons (Fsp3) is 0.286. The average molecular weight is 291 g/mol. The Balaban J connectivity index is 2.42. The van der Waals surface area contributed by atoms with Gasteiger partial charge in [0.05, 0.1) is 18.7 Å². The summed E-state index contributed by atoms with van der Waals surface area (Å²) in [5.74, 6) is 0.637. The quantitative estimate of drug-likeness (QED) is 0.731. The van der Waals surface area contributed by atoms with E-state index in [1.165, 1.54) is 0 Å². The van der Waals surface area contributed by atoms with Crippen LogP contribution in [-0.4, -0.2) is 25.2 Å². The van der Waals surface area contributed by atoms with Crippen LogP contribution in [-0.2, 0) is 4.79 Å². The number of carbonyl (C=O) groups excluding carboxylic acids is 1. The molecule has 1 amide bonds. The second-order valence-corrected chi connectivity index (χ2v) is 4.83. The zero-order valence-corrected chi connectivity index (χ0v) is 12.4. The van der Waals surface area contributed by atoms with E-state index in [1.54, 1.807) is 14.2 Å². The predicted molar refractivity (Wildman–Crippen MR) is 81.4 cm³/mol. The van der Waals surface area contributed by atoms with Crippen LogP contribution in [0, 0.1) is 0 Å². The van der Waals surface area contributed by atoms with Gasteiger partial charge in [0, 0.05) is 12.7 Å². The van der Waals surface area contributed by atoms with Gasteiger partial charge in [0.2, 0.25) is 0 Å². The molecular weight excluding hydrogens is 274 g/mol. The minimum atomic E-state index is -0.269. The Hall–Kier alpha value is -2.08. The Morgan fingerprint density at radius 2 is 2.00 bits per heavy atom. The van der Waals surface area contributed by atoms with E-state index in [2.05, 4.69) is 16.0 Å². The lowest BCUT2D eigenvalue weighted by Gasteiger charge is -2.30. The summed E-state index contributed by atoms with van der Waals surface area (Å²) in [5.41, 5.74) is 2.34. The molecule has 3 N–H and O–H groups in total. The lowest BCUT2D eigenvalue weighted by Crippen LogP contribution is -2.46. The molecular formula is C14H17N3O2S. The van der Waals surface area contributed by atoms with E-state index in [4.69, 9.17) is 17.0 Å². The molecule has 1 aromatic carbocycles. The van der Waals surface area contributed by atoms with Gasteiger partial charge >= 0.3 is 0 Å². The fourth-order valence-corrected chi connectivity index (χ4v) is 2.45. The van der Waals surface area contributed by atoms with E-state index >= 15 is 0 Å². The highest BCUT2D eigenvalue weighted by Crippen LogP contribution is 2.27. The summed E-state index contributed by atoms with van der Waals surface area (Å²) in [6.07, 6.45) is 0. The Bertz CT molecular complexity index is 566. The maximum atomic E-state index is 12.1. The van der Waals surface area contributed by atoms with E-state index in [1.807, 2.05) is 31.2 Å². The third-order valence-corrected chi connectivity index (χ3v) is 3.41. The molecule has 0 spiro atoms. The Kier molecular flexibility index (Phi) is 4.24. The number of rotatable bonds is 3. The highest BCUT2D eigenvalue weighted by molar-refractivity contribution is 7.80. The van der Waals surface area contributed by atoms with Crippen molar-refractivity contribution in [3.8, 4) is 5.75 Å². The summed E-state index contributed by atoms with van der Waals surface area (Å²) in [6.45, 7) is 1.84. The maximum Gasteiger partial charge on any atom is 0.251 e. The SMILES string of the molecule is CNC(=O)C1=C(C)NC(=S)N[C@H]1c1ccc(OC)cc1. The van der Waals surface area contributed by atoms with Gasteiger partial charge in [-0.25, -0.2) is 0 Å². The van der Waals surface area contributed by atoms with Crippen LogP contribution in [0.3, 0.4) is 0 Å². The Labute approximate surface area is 123 Å². The zero-order valence-electron chi connectivity index (χ0n) is 11.6.